The van der Waals surface area contributed by atoms with E-state index >= 15 is 0 Å². The number of carbonyl (C=O) groups excluding carboxylic acids is 1. The van der Waals surface area contributed by atoms with E-state index in [4.69, 9.17) is 32.4 Å². The van der Waals surface area contributed by atoms with Crippen LogP contribution in [0.15, 0.2) is 100 Å². The number of hydrogen-bond donors (Lipinski definition) is 0. The summed E-state index contributed by atoms with van der Waals surface area (Å²) in [5.74, 6) is 0.709. The first-order chi connectivity index (χ1) is 15.6. The second kappa shape index (κ2) is 8.50. The topological polar surface area (TPSA) is 51.8 Å². The lowest BCUT2D eigenvalue weighted by atomic mass is 10.0. The number of rotatable bonds is 4. The summed E-state index contributed by atoms with van der Waals surface area (Å²) in [6.07, 6.45) is 1.54. The second-order valence-electron chi connectivity index (χ2n) is 7.11. The van der Waals surface area contributed by atoms with E-state index in [0.717, 1.165) is 11.1 Å². The Labute approximate surface area is 194 Å². The Hall–Kier alpha value is -3.60. The molecule has 32 heavy (non-hydrogen) atoms. The molecule has 6 heteroatoms. The summed E-state index contributed by atoms with van der Waals surface area (Å²) in [5, 5.41) is 1.06. The average molecular weight is 460 g/mol. The van der Waals surface area contributed by atoms with Gasteiger partial charge in [-0.2, -0.15) is 0 Å². The Kier molecular flexibility index (Phi) is 5.39. The summed E-state index contributed by atoms with van der Waals surface area (Å²) in [6.45, 7) is 0. The fraction of sp³-hybridized carbons (Fsp3) is 0. The number of ether oxygens (including phenoxy) is 1. The highest BCUT2D eigenvalue weighted by Gasteiger charge is 2.24. The smallest absolute Gasteiger partial charge is 0.363 e. The lowest BCUT2D eigenvalue weighted by molar-refractivity contribution is -0.129. The van der Waals surface area contributed by atoms with Gasteiger partial charge in [-0.15, -0.1) is 0 Å². The van der Waals surface area contributed by atoms with Crippen molar-refractivity contribution in [2.45, 2.75) is 0 Å². The molecule has 0 radical (unpaired) electrons. The van der Waals surface area contributed by atoms with E-state index < -0.39 is 5.97 Å². The minimum atomic E-state index is -0.536. The van der Waals surface area contributed by atoms with Crippen LogP contribution in [0.25, 0.3) is 28.5 Å². The van der Waals surface area contributed by atoms with Gasteiger partial charge in [0.1, 0.15) is 11.5 Å². The number of nitrogens with zero attached hydrogens (tertiary/aromatic N) is 1. The Morgan fingerprint density at radius 3 is 2.28 bits per heavy atom. The lowest BCUT2D eigenvalue weighted by Crippen LogP contribution is -2.05. The fourth-order valence-corrected chi connectivity index (χ4v) is 3.75. The molecule has 0 bridgehead atoms. The lowest BCUT2D eigenvalue weighted by Gasteiger charge is -2.03. The van der Waals surface area contributed by atoms with Crippen LogP contribution in [0.3, 0.4) is 0 Å². The zero-order valence-corrected chi connectivity index (χ0v) is 18.1. The van der Waals surface area contributed by atoms with Gasteiger partial charge in [0.25, 0.3) is 0 Å². The van der Waals surface area contributed by atoms with Crippen molar-refractivity contribution >= 4 is 41.1 Å². The maximum Gasteiger partial charge on any atom is 0.363 e. The van der Waals surface area contributed by atoms with Crippen LogP contribution < -0.4 is 0 Å². The molecular weight excluding hydrogens is 445 g/mol. The molecule has 4 aromatic rings. The predicted molar refractivity (Wildman–Crippen MR) is 127 cm³/mol. The predicted octanol–water partition coefficient (Wildman–Crippen LogP) is 7.26. The highest BCUT2D eigenvalue weighted by Crippen LogP contribution is 2.32. The van der Waals surface area contributed by atoms with E-state index in [1.165, 1.54) is 6.08 Å². The third kappa shape index (κ3) is 4.11. The Morgan fingerprint density at radius 1 is 0.781 bits per heavy atom. The Bertz CT molecular complexity index is 1370. The number of esters is 1. The molecule has 0 fully saturated rings. The Morgan fingerprint density at radius 2 is 1.50 bits per heavy atom. The van der Waals surface area contributed by atoms with Crippen molar-refractivity contribution in [1.82, 2.24) is 0 Å². The first-order valence-electron chi connectivity index (χ1n) is 9.80. The number of carbonyl (C=O) groups is 1. The standard InChI is InChI=1S/C26H15Cl2NO3/c27-19-10-12-22(28)21(14-19)24-13-11-20(31-24)15-23-26(30)32-25(29-23)18-8-6-17(7-9-18)16-4-2-1-3-5-16/h1-15H/b23-15-. The average Bonchev–Trinajstić information content (AvgIpc) is 3.43. The molecule has 156 valence electrons. The molecule has 0 spiro atoms. The highest BCUT2D eigenvalue weighted by molar-refractivity contribution is 6.35. The van der Waals surface area contributed by atoms with Crippen LogP contribution in [0.4, 0.5) is 0 Å². The van der Waals surface area contributed by atoms with Gasteiger partial charge in [-0.3, -0.25) is 0 Å². The van der Waals surface area contributed by atoms with Crippen LogP contribution >= 0.6 is 23.2 Å². The van der Waals surface area contributed by atoms with Gasteiger partial charge in [-0.05, 0) is 53.6 Å². The van der Waals surface area contributed by atoms with Gasteiger partial charge in [-0.1, -0.05) is 65.7 Å². The molecule has 0 amide bonds. The van der Waals surface area contributed by atoms with Crippen LogP contribution in [0.2, 0.25) is 10.0 Å². The van der Waals surface area contributed by atoms with Gasteiger partial charge < -0.3 is 9.15 Å². The third-order valence-electron chi connectivity index (χ3n) is 4.96. The van der Waals surface area contributed by atoms with Crippen molar-refractivity contribution in [3.05, 3.63) is 112 Å². The van der Waals surface area contributed by atoms with Crippen molar-refractivity contribution in [1.29, 1.82) is 0 Å². The molecular formula is C26H15Cl2NO3. The van der Waals surface area contributed by atoms with E-state index in [1.54, 1.807) is 30.3 Å². The largest absolute Gasteiger partial charge is 0.457 e. The van der Waals surface area contributed by atoms with E-state index in [2.05, 4.69) is 4.99 Å². The van der Waals surface area contributed by atoms with Gasteiger partial charge in [0, 0.05) is 22.2 Å². The summed E-state index contributed by atoms with van der Waals surface area (Å²) >= 11 is 12.3. The molecule has 1 aliphatic heterocycles. The molecule has 0 saturated carbocycles. The van der Waals surface area contributed by atoms with E-state index in [0.29, 0.717) is 32.7 Å². The number of hydrogen-bond acceptors (Lipinski definition) is 4. The molecule has 0 saturated heterocycles. The van der Waals surface area contributed by atoms with Crippen molar-refractivity contribution < 1.29 is 13.9 Å². The molecule has 0 N–H and O–H groups in total. The van der Waals surface area contributed by atoms with Gasteiger partial charge in [0.2, 0.25) is 5.90 Å². The monoisotopic (exact) mass is 459 g/mol. The molecule has 0 unspecified atom stereocenters. The Balaban J connectivity index is 1.40. The van der Waals surface area contributed by atoms with Crippen LogP contribution in [-0.2, 0) is 9.53 Å². The van der Waals surface area contributed by atoms with Crippen LogP contribution in [0, 0.1) is 0 Å². The van der Waals surface area contributed by atoms with Gasteiger partial charge in [0.05, 0.1) is 5.02 Å². The third-order valence-corrected chi connectivity index (χ3v) is 5.52. The molecule has 2 heterocycles. The van der Waals surface area contributed by atoms with Crippen molar-refractivity contribution in [3.8, 4) is 22.5 Å². The number of cyclic esters (lactones) is 1. The zero-order chi connectivity index (χ0) is 22.1. The summed E-state index contributed by atoms with van der Waals surface area (Å²) in [6, 6.07) is 26.3. The molecule has 3 aromatic carbocycles. The van der Waals surface area contributed by atoms with Crippen LogP contribution in [-0.4, -0.2) is 11.9 Å². The molecule has 5 rings (SSSR count). The summed E-state index contributed by atoms with van der Waals surface area (Å²) in [4.78, 5) is 16.7. The molecule has 1 aromatic heterocycles. The number of benzene rings is 3. The van der Waals surface area contributed by atoms with Crippen molar-refractivity contribution in [2.24, 2.45) is 4.99 Å². The maximum atomic E-state index is 12.3. The molecule has 0 atom stereocenters. The van der Waals surface area contributed by atoms with Gasteiger partial charge in [0.15, 0.2) is 5.70 Å². The van der Waals surface area contributed by atoms with Crippen LogP contribution in [0.1, 0.15) is 11.3 Å². The van der Waals surface area contributed by atoms with E-state index in [1.807, 2.05) is 54.6 Å². The molecule has 4 nitrogen and oxygen atoms in total. The summed E-state index contributed by atoms with van der Waals surface area (Å²) in [7, 11) is 0. The van der Waals surface area contributed by atoms with Crippen LogP contribution in [0.5, 0.6) is 0 Å². The number of furan rings is 1. The summed E-state index contributed by atoms with van der Waals surface area (Å²) < 4.78 is 11.2. The first kappa shape index (κ1) is 20.3. The number of halogens is 2. The van der Waals surface area contributed by atoms with Crippen molar-refractivity contribution in [2.75, 3.05) is 0 Å². The second-order valence-corrected chi connectivity index (χ2v) is 7.95. The molecule has 1 aliphatic rings. The minimum Gasteiger partial charge on any atom is -0.457 e. The normalized spacial score (nSPS) is 14.5. The molecule has 0 aliphatic carbocycles. The summed E-state index contributed by atoms with van der Waals surface area (Å²) in [5.41, 5.74) is 3.72. The van der Waals surface area contributed by atoms with Gasteiger partial charge in [-0.25, -0.2) is 9.79 Å². The number of aliphatic imine (C=N–C) groups is 1. The van der Waals surface area contributed by atoms with Gasteiger partial charge >= 0.3 is 5.97 Å². The minimum absolute atomic E-state index is 0.158. The zero-order valence-electron chi connectivity index (χ0n) is 16.6. The van der Waals surface area contributed by atoms with E-state index in [9.17, 15) is 4.79 Å². The highest BCUT2D eigenvalue weighted by atomic mass is 35.5. The first-order valence-corrected chi connectivity index (χ1v) is 10.6. The fourth-order valence-electron chi connectivity index (χ4n) is 3.36. The quantitative estimate of drug-likeness (QED) is 0.238. The van der Waals surface area contributed by atoms with E-state index in [-0.39, 0.29) is 11.6 Å². The maximum absolute atomic E-state index is 12.3. The SMILES string of the molecule is O=C1OC(c2ccc(-c3ccccc3)cc2)=N/C1=C\c1ccc(-c2cc(Cl)ccc2Cl)o1. The van der Waals surface area contributed by atoms with Crippen molar-refractivity contribution in [3.63, 3.8) is 0 Å².